The number of anilines is 1. The monoisotopic (exact) mass is 365 g/mol. The van der Waals surface area contributed by atoms with Gasteiger partial charge in [-0.25, -0.2) is 4.98 Å². The summed E-state index contributed by atoms with van der Waals surface area (Å²) in [6.45, 7) is 0. The number of amides is 1. The summed E-state index contributed by atoms with van der Waals surface area (Å²) in [5.41, 5.74) is 1.52. The lowest BCUT2D eigenvalue weighted by Crippen LogP contribution is -2.17. The molecular weight excluding hydrogens is 350 g/mol. The molecular formula is C23H15N3O2. The van der Waals surface area contributed by atoms with Crippen LogP contribution in [0.5, 0.6) is 0 Å². The molecule has 0 aliphatic carbocycles. The Hall–Kier alpha value is -3.99. The number of nitrogens with one attached hydrogen (secondary N) is 2. The van der Waals surface area contributed by atoms with Gasteiger partial charge in [0.2, 0.25) is 0 Å². The fourth-order valence-electron chi connectivity index (χ4n) is 3.55. The van der Waals surface area contributed by atoms with Crippen molar-refractivity contribution in [1.82, 2.24) is 9.97 Å². The summed E-state index contributed by atoms with van der Waals surface area (Å²) < 4.78 is 0. The maximum absolute atomic E-state index is 13.1. The molecule has 5 heteroatoms. The molecule has 134 valence electrons. The van der Waals surface area contributed by atoms with Gasteiger partial charge in [0.15, 0.2) is 5.43 Å². The highest BCUT2D eigenvalue weighted by atomic mass is 16.2. The largest absolute Gasteiger partial charge is 0.354 e. The van der Waals surface area contributed by atoms with Crippen molar-refractivity contribution in [2.75, 3.05) is 5.32 Å². The van der Waals surface area contributed by atoms with Crippen LogP contribution < -0.4 is 10.7 Å². The Morgan fingerprint density at radius 1 is 0.821 bits per heavy atom. The van der Waals surface area contributed by atoms with Crippen molar-refractivity contribution in [2.24, 2.45) is 0 Å². The molecule has 0 saturated carbocycles. The van der Waals surface area contributed by atoms with Crippen LogP contribution in [0.25, 0.3) is 32.6 Å². The normalized spacial score (nSPS) is 11.1. The van der Waals surface area contributed by atoms with E-state index >= 15 is 0 Å². The van der Waals surface area contributed by atoms with Crippen molar-refractivity contribution >= 4 is 44.3 Å². The van der Waals surface area contributed by atoms with Gasteiger partial charge in [-0.3, -0.25) is 9.59 Å². The van der Waals surface area contributed by atoms with E-state index in [9.17, 15) is 9.59 Å². The summed E-state index contributed by atoms with van der Waals surface area (Å²) in [4.78, 5) is 33.7. The number of benzene rings is 3. The van der Waals surface area contributed by atoms with E-state index in [0.29, 0.717) is 27.7 Å². The standard InChI is InChI=1S/C23H15N3O2/c27-21-16-8-3-4-10-18(16)25-19-11-5-9-17(20(19)21)23(28)26-22-15-7-2-1-6-14(15)12-13-24-22/h1-13H,(H,25,27)(H,24,26,28). The predicted molar refractivity (Wildman–Crippen MR) is 112 cm³/mol. The lowest BCUT2D eigenvalue weighted by molar-refractivity contribution is 0.102. The average molecular weight is 365 g/mol. The van der Waals surface area contributed by atoms with Crippen LogP contribution in [0.4, 0.5) is 5.82 Å². The first-order valence-corrected chi connectivity index (χ1v) is 8.91. The molecule has 0 spiro atoms. The summed E-state index contributed by atoms with van der Waals surface area (Å²) >= 11 is 0. The van der Waals surface area contributed by atoms with Crippen LogP contribution in [0.3, 0.4) is 0 Å². The molecule has 2 aromatic heterocycles. The van der Waals surface area contributed by atoms with E-state index in [0.717, 1.165) is 16.3 Å². The maximum atomic E-state index is 13.1. The van der Waals surface area contributed by atoms with Crippen LogP contribution in [0, 0.1) is 0 Å². The van der Waals surface area contributed by atoms with Crippen LogP contribution >= 0.6 is 0 Å². The molecule has 0 aliphatic heterocycles. The molecule has 5 rings (SSSR count). The number of hydrogen-bond donors (Lipinski definition) is 2. The van der Waals surface area contributed by atoms with Gasteiger partial charge in [0, 0.05) is 22.5 Å². The fourth-order valence-corrected chi connectivity index (χ4v) is 3.55. The van der Waals surface area contributed by atoms with Crippen molar-refractivity contribution in [3.8, 4) is 0 Å². The summed E-state index contributed by atoms with van der Waals surface area (Å²) in [6.07, 6.45) is 1.65. The molecule has 28 heavy (non-hydrogen) atoms. The highest BCUT2D eigenvalue weighted by Gasteiger charge is 2.16. The minimum atomic E-state index is -0.366. The zero-order valence-corrected chi connectivity index (χ0v) is 14.8. The molecule has 2 N–H and O–H groups in total. The molecule has 0 radical (unpaired) electrons. The summed E-state index contributed by atoms with van der Waals surface area (Å²) in [7, 11) is 0. The van der Waals surface area contributed by atoms with E-state index < -0.39 is 0 Å². The van der Waals surface area contributed by atoms with Crippen LogP contribution in [-0.4, -0.2) is 15.9 Å². The zero-order chi connectivity index (χ0) is 19.1. The van der Waals surface area contributed by atoms with Crippen LogP contribution in [0.1, 0.15) is 10.4 Å². The number of carbonyl (C=O) groups excluding carboxylic acids is 1. The Morgan fingerprint density at radius 2 is 1.57 bits per heavy atom. The third-order valence-corrected chi connectivity index (χ3v) is 4.88. The van der Waals surface area contributed by atoms with Crippen molar-refractivity contribution in [3.05, 3.63) is 94.8 Å². The second kappa shape index (κ2) is 6.32. The molecule has 0 unspecified atom stereocenters. The topological polar surface area (TPSA) is 74.8 Å². The van der Waals surface area contributed by atoms with Gasteiger partial charge in [-0.05, 0) is 35.7 Å². The Bertz CT molecular complexity index is 1430. The van der Waals surface area contributed by atoms with Gasteiger partial charge in [0.25, 0.3) is 5.91 Å². The number of para-hydroxylation sites is 1. The maximum Gasteiger partial charge on any atom is 0.257 e. The molecule has 1 amide bonds. The third-order valence-electron chi connectivity index (χ3n) is 4.88. The van der Waals surface area contributed by atoms with E-state index in [1.54, 1.807) is 30.5 Å². The van der Waals surface area contributed by atoms with Gasteiger partial charge in [-0.2, -0.15) is 0 Å². The number of fused-ring (bicyclic) bond motifs is 3. The molecule has 0 bridgehead atoms. The number of H-pyrrole nitrogens is 1. The van der Waals surface area contributed by atoms with E-state index in [1.165, 1.54) is 0 Å². The van der Waals surface area contributed by atoms with Gasteiger partial charge in [-0.1, -0.05) is 42.5 Å². The summed E-state index contributed by atoms with van der Waals surface area (Å²) in [6, 6.07) is 22.1. The highest BCUT2D eigenvalue weighted by molar-refractivity contribution is 6.15. The Balaban J connectivity index is 1.67. The quantitative estimate of drug-likeness (QED) is 0.453. The van der Waals surface area contributed by atoms with Gasteiger partial charge >= 0.3 is 0 Å². The first-order chi connectivity index (χ1) is 13.7. The lowest BCUT2D eigenvalue weighted by atomic mass is 10.0. The Morgan fingerprint density at radius 3 is 2.46 bits per heavy atom. The van der Waals surface area contributed by atoms with E-state index in [-0.39, 0.29) is 11.3 Å². The van der Waals surface area contributed by atoms with Crippen molar-refractivity contribution in [1.29, 1.82) is 0 Å². The number of nitrogens with zero attached hydrogens (tertiary/aromatic N) is 1. The van der Waals surface area contributed by atoms with Gasteiger partial charge in [-0.15, -0.1) is 0 Å². The number of aromatic nitrogens is 2. The zero-order valence-electron chi connectivity index (χ0n) is 14.8. The molecule has 5 aromatic rings. The van der Waals surface area contributed by atoms with Crippen LogP contribution in [0.15, 0.2) is 83.8 Å². The van der Waals surface area contributed by atoms with Gasteiger partial charge in [0.1, 0.15) is 5.82 Å². The minimum Gasteiger partial charge on any atom is -0.354 e. The first-order valence-electron chi connectivity index (χ1n) is 8.91. The molecule has 0 saturated heterocycles. The first kappa shape index (κ1) is 16.2. The number of rotatable bonds is 2. The molecule has 0 fully saturated rings. The van der Waals surface area contributed by atoms with Crippen molar-refractivity contribution in [3.63, 3.8) is 0 Å². The van der Waals surface area contributed by atoms with E-state index in [1.807, 2.05) is 48.5 Å². The van der Waals surface area contributed by atoms with Crippen LogP contribution in [0.2, 0.25) is 0 Å². The Kier molecular flexibility index (Phi) is 3.66. The molecule has 2 heterocycles. The second-order valence-corrected chi connectivity index (χ2v) is 6.56. The second-order valence-electron chi connectivity index (χ2n) is 6.56. The smallest absolute Gasteiger partial charge is 0.257 e. The van der Waals surface area contributed by atoms with Crippen LogP contribution in [-0.2, 0) is 0 Å². The summed E-state index contributed by atoms with van der Waals surface area (Å²) in [5.74, 6) is 0.104. The fraction of sp³-hybridized carbons (Fsp3) is 0. The summed E-state index contributed by atoms with van der Waals surface area (Å²) in [5, 5.41) is 5.62. The molecule has 5 nitrogen and oxygen atoms in total. The lowest BCUT2D eigenvalue weighted by Gasteiger charge is -2.10. The SMILES string of the molecule is O=C(Nc1nccc2ccccc12)c1cccc2[nH]c3ccccc3c(=O)c12. The molecule has 0 atom stereocenters. The van der Waals surface area contributed by atoms with Gasteiger partial charge < -0.3 is 10.3 Å². The molecule has 3 aromatic carbocycles. The van der Waals surface area contributed by atoms with Crippen molar-refractivity contribution in [2.45, 2.75) is 0 Å². The number of aromatic amines is 1. The third kappa shape index (κ3) is 2.53. The van der Waals surface area contributed by atoms with Gasteiger partial charge in [0.05, 0.1) is 16.5 Å². The van der Waals surface area contributed by atoms with Crippen molar-refractivity contribution < 1.29 is 4.79 Å². The minimum absolute atomic E-state index is 0.166. The molecule has 0 aliphatic rings. The predicted octanol–water partition coefficient (Wildman–Crippen LogP) is 4.48. The number of hydrogen-bond acceptors (Lipinski definition) is 3. The Labute approximate surface area is 159 Å². The number of carbonyl (C=O) groups is 1. The van der Waals surface area contributed by atoms with E-state index in [2.05, 4.69) is 15.3 Å². The average Bonchev–Trinajstić information content (AvgIpc) is 2.74. The van der Waals surface area contributed by atoms with E-state index in [4.69, 9.17) is 0 Å². The number of pyridine rings is 2. The highest BCUT2D eigenvalue weighted by Crippen LogP contribution is 2.23.